The van der Waals surface area contributed by atoms with Crippen LogP contribution in [0, 0.1) is 0 Å². The molecule has 0 radical (unpaired) electrons. The molecule has 4 nitrogen and oxygen atoms in total. The number of rotatable bonds is 3. The van der Waals surface area contributed by atoms with Gasteiger partial charge in [-0.2, -0.15) is 0 Å². The highest BCUT2D eigenvalue weighted by Gasteiger charge is 2.15. The Morgan fingerprint density at radius 3 is 2.79 bits per heavy atom. The molecule has 0 spiro atoms. The lowest BCUT2D eigenvalue weighted by atomic mass is 10.2. The summed E-state index contributed by atoms with van der Waals surface area (Å²) in [4.78, 5) is 14.9. The number of methoxy groups -OCH3 is 1. The Kier molecular flexibility index (Phi) is 3.46. The van der Waals surface area contributed by atoms with Crippen LogP contribution in [0.25, 0.3) is 0 Å². The quantitative estimate of drug-likeness (QED) is 0.904. The first-order valence-corrected chi connectivity index (χ1v) is 4.86. The lowest BCUT2D eigenvalue weighted by molar-refractivity contribution is 0.0692. The van der Waals surface area contributed by atoms with Gasteiger partial charge in [-0.15, -0.1) is 0 Å². The van der Waals surface area contributed by atoms with Crippen LogP contribution in [-0.4, -0.2) is 23.2 Å². The van der Waals surface area contributed by atoms with Crippen molar-refractivity contribution in [3.63, 3.8) is 0 Å². The zero-order chi connectivity index (χ0) is 10.7. The molecular formula is C9H10BrNO3. The highest BCUT2D eigenvalue weighted by atomic mass is 79.9. The van der Waals surface area contributed by atoms with E-state index < -0.39 is 5.97 Å². The average molecular weight is 260 g/mol. The van der Waals surface area contributed by atoms with Crippen molar-refractivity contribution in [1.29, 1.82) is 0 Å². The highest BCUT2D eigenvalue weighted by Crippen LogP contribution is 2.24. The van der Waals surface area contributed by atoms with Gasteiger partial charge >= 0.3 is 5.97 Å². The van der Waals surface area contributed by atoms with Gasteiger partial charge in [0.05, 0.1) is 12.8 Å². The van der Waals surface area contributed by atoms with Crippen molar-refractivity contribution in [3.05, 3.63) is 21.8 Å². The molecule has 0 fully saturated rings. The fourth-order valence-electron chi connectivity index (χ4n) is 1.06. The summed E-state index contributed by atoms with van der Waals surface area (Å²) in [5.41, 5.74) is 0.850. The number of aromatic carboxylic acids is 1. The van der Waals surface area contributed by atoms with Gasteiger partial charge in [0.2, 0.25) is 5.88 Å². The van der Waals surface area contributed by atoms with Gasteiger partial charge in [-0.25, -0.2) is 9.78 Å². The van der Waals surface area contributed by atoms with Gasteiger partial charge in [0.1, 0.15) is 5.56 Å². The van der Waals surface area contributed by atoms with Gasteiger partial charge in [0, 0.05) is 4.47 Å². The summed E-state index contributed by atoms with van der Waals surface area (Å²) in [5, 5.41) is 8.84. The molecule has 5 heteroatoms. The fourth-order valence-corrected chi connectivity index (χ4v) is 1.66. The van der Waals surface area contributed by atoms with Crippen LogP contribution < -0.4 is 4.74 Å². The van der Waals surface area contributed by atoms with E-state index in [4.69, 9.17) is 9.84 Å². The highest BCUT2D eigenvalue weighted by molar-refractivity contribution is 9.10. The van der Waals surface area contributed by atoms with Crippen molar-refractivity contribution in [2.24, 2.45) is 0 Å². The molecule has 1 N–H and O–H groups in total. The minimum atomic E-state index is -1.04. The Labute approximate surface area is 90.0 Å². The Bertz CT molecular complexity index is 365. The number of pyridine rings is 1. The standard InChI is InChI=1S/C9H10BrNO3/c1-3-7-6(10)4-5(9(12)13)8(11-7)14-2/h4H,3H2,1-2H3,(H,12,13). The molecule has 0 aromatic carbocycles. The summed E-state index contributed by atoms with van der Waals surface area (Å²) >= 11 is 3.26. The summed E-state index contributed by atoms with van der Waals surface area (Å²) in [6, 6.07) is 1.51. The average Bonchev–Trinajstić information content (AvgIpc) is 2.17. The monoisotopic (exact) mass is 259 g/mol. The molecule has 0 atom stereocenters. The van der Waals surface area contributed by atoms with Crippen LogP contribution in [0.3, 0.4) is 0 Å². The van der Waals surface area contributed by atoms with E-state index in [1.54, 1.807) is 0 Å². The molecule has 0 saturated heterocycles. The van der Waals surface area contributed by atoms with Crippen LogP contribution in [0.1, 0.15) is 23.0 Å². The van der Waals surface area contributed by atoms with Gasteiger partial charge in [-0.3, -0.25) is 0 Å². The van der Waals surface area contributed by atoms with Crippen molar-refractivity contribution in [2.45, 2.75) is 13.3 Å². The predicted molar refractivity (Wildman–Crippen MR) is 54.8 cm³/mol. The second kappa shape index (κ2) is 4.41. The minimum Gasteiger partial charge on any atom is -0.480 e. The van der Waals surface area contributed by atoms with E-state index in [0.717, 1.165) is 12.1 Å². The number of carboxylic acid groups (broad SMARTS) is 1. The third-order valence-corrected chi connectivity index (χ3v) is 2.46. The van der Waals surface area contributed by atoms with E-state index in [-0.39, 0.29) is 11.4 Å². The summed E-state index contributed by atoms with van der Waals surface area (Å²) in [7, 11) is 1.40. The number of nitrogens with zero attached hydrogens (tertiary/aromatic N) is 1. The first-order chi connectivity index (χ1) is 6.60. The molecule has 1 aromatic rings. The molecule has 14 heavy (non-hydrogen) atoms. The van der Waals surface area contributed by atoms with Gasteiger partial charge in [0.25, 0.3) is 0 Å². The normalized spacial score (nSPS) is 9.93. The van der Waals surface area contributed by atoms with E-state index in [2.05, 4.69) is 20.9 Å². The zero-order valence-electron chi connectivity index (χ0n) is 7.87. The predicted octanol–water partition coefficient (Wildman–Crippen LogP) is 2.11. The lowest BCUT2D eigenvalue weighted by Gasteiger charge is -2.07. The lowest BCUT2D eigenvalue weighted by Crippen LogP contribution is -2.04. The Hall–Kier alpha value is -1.10. The first-order valence-electron chi connectivity index (χ1n) is 4.06. The Balaban J connectivity index is 3.31. The van der Waals surface area contributed by atoms with Gasteiger partial charge in [0.15, 0.2) is 0 Å². The molecule has 0 unspecified atom stereocenters. The second-order valence-electron chi connectivity index (χ2n) is 2.63. The fraction of sp³-hybridized carbons (Fsp3) is 0.333. The van der Waals surface area contributed by atoms with E-state index >= 15 is 0 Å². The second-order valence-corrected chi connectivity index (χ2v) is 3.49. The number of carboxylic acids is 1. The van der Waals surface area contributed by atoms with Crippen LogP contribution in [-0.2, 0) is 6.42 Å². The van der Waals surface area contributed by atoms with Crippen molar-refractivity contribution >= 4 is 21.9 Å². The maximum Gasteiger partial charge on any atom is 0.341 e. The SMILES string of the molecule is CCc1nc(OC)c(C(=O)O)cc1Br. The molecule has 0 aliphatic heterocycles. The zero-order valence-corrected chi connectivity index (χ0v) is 9.46. The van der Waals surface area contributed by atoms with Gasteiger partial charge in [-0.05, 0) is 28.4 Å². The number of hydrogen-bond acceptors (Lipinski definition) is 3. The summed E-state index contributed by atoms with van der Waals surface area (Å²) < 4.78 is 5.58. The van der Waals surface area contributed by atoms with Crippen LogP contribution in [0.5, 0.6) is 5.88 Å². The van der Waals surface area contributed by atoms with Gasteiger partial charge in [-0.1, -0.05) is 6.92 Å². The number of aromatic nitrogens is 1. The third kappa shape index (κ3) is 2.04. The maximum absolute atomic E-state index is 10.8. The number of aryl methyl sites for hydroxylation is 1. The molecular weight excluding hydrogens is 250 g/mol. The molecule has 1 aromatic heterocycles. The molecule has 0 aliphatic carbocycles. The largest absolute Gasteiger partial charge is 0.480 e. The van der Waals surface area contributed by atoms with Crippen molar-refractivity contribution < 1.29 is 14.6 Å². The smallest absolute Gasteiger partial charge is 0.341 e. The molecule has 0 amide bonds. The Morgan fingerprint density at radius 1 is 1.71 bits per heavy atom. The van der Waals surface area contributed by atoms with Crippen LogP contribution in [0.2, 0.25) is 0 Å². The molecule has 0 aliphatic rings. The number of carbonyl (C=O) groups is 1. The molecule has 1 heterocycles. The number of ether oxygens (including phenoxy) is 1. The van der Waals surface area contributed by atoms with Crippen LogP contribution >= 0.6 is 15.9 Å². The first kappa shape index (κ1) is 11.0. The van der Waals surface area contributed by atoms with E-state index in [9.17, 15) is 4.79 Å². The van der Waals surface area contributed by atoms with E-state index in [0.29, 0.717) is 4.47 Å². The van der Waals surface area contributed by atoms with Crippen molar-refractivity contribution in [3.8, 4) is 5.88 Å². The minimum absolute atomic E-state index is 0.0663. The number of halogens is 1. The third-order valence-electron chi connectivity index (χ3n) is 1.77. The maximum atomic E-state index is 10.8. The Morgan fingerprint density at radius 2 is 2.36 bits per heavy atom. The molecule has 0 bridgehead atoms. The number of hydrogen-bond donors (Lipinski definition) is 1. The molecule has 0 saturated carbocycles. The summed E-state index contributed by atoms with van der Waals surface area (Å²) in [5.74, 6) is -0.893. The summed E-state index contributed by atoms with van der Waals surface area (Å²) in [6.07, 6.45) is 0.719. The van der Waals surface area contributed by atoms with Crippen LogP contribution in [0.15, 0.2) is 10.5 Å². The summed E-state index contributed by atoms with van der Waals surface area (Å²) in [6.45, 7) is 1.94. The van der Waals surface area contributed by atoms with Crippen LogP contribution in [0.4, 0.5) is 0 Å². The van der Waals surface area contributed by atoms with E-state index in [1.165, 1.54) is 13.2 Å². The topological polar surface area (TPSA) is 59.4 Å². The van der Waals surface area contributed by atoms with Gasteiger partial charge < -0.3 is 9.84 Å². The van der Waals surface area contributed by atoms with Crippen molar-refractivity contribution in [2.75, 3.05) is 7.11 Å². The molecule has 76 valence electrons. The van der Waals surface area contributed by atoms with E-state index in [1.807, 2.05) is 6.92 Å². The molecule has 1 rings (SSSR count). The van der Waals surface area contributed by atoms with Crippen molar-refractivity contribution in [1.82, 2.24) is 4.98 Å².